The second-order valence-electron chi connectivity index (χ2n) is 7.51. The fraction of sp³-hybridized carbons (Fsp3) is 0.435. The number of carboxylic acids is 1. The van der Waals surface area contributed by atoms with Crippen molar-refractivity contribution in [2.45, 2.75) is 44.0 Å². The number of aliphatic carboxylic acids is 1. The largest absolute Gasteiger partial charge is 0.491 e. The Morgan fingerprint density at radius 3 is 2.75 bits per heavy atom. The van der Waals surface area contributed by atoms with E-state index in [0.29, 0.717) is 10.8 Å². The van der Waals surface area contributed by atoms with Crippen LogP contribution in [0.25, 0.3) is 0 Å². The summed E-state index contributed by atoms with van der Waals surface area (Å²) in [5, 5.41) is 29.6. The maximum absolute atomic E-state index is 12.6. The van der Waals surface area contributed by atoms with Crippen molar-refractivity contribution in [1.29, 1.82) is 0 Å². The standard InChI is InChI=1S/C23H27ClO8/c1-2-16(6-4-8-21(28)29)32-23(30)22-18(19(26)12-20(22)27)10-9-15(25)13-31-17-7-3-5-14(24)11-17/h2-3,5,7,9-11,15-16,18-19,22,25-26H,1,4,6,8,12-13H2,(H,28,29)/b10-9+/t15-,16?,18-,19+,22+/m0/s1. The highest BCUT2D eigenvalue weighted by Gasteiger charge is 2.46. The molecule has 9 heteroatoms. The van der Waals surface area contributed by atoms with Gasteiger partial charge < -0.3 is 24.8 Å². The van der Waals surface area contributed by atoms with Crippen LogP contribution in [0.5, 0.6) is 5.75 Å². The minimum atomic E-state index is -1.22. The van der Waals surface area contributed by atoms with Gasteiger partial charge in [0, 0.05) is 23.8 Å². The summed E-state index contributed by atoms with van der Waals surface area (Å²) >= 11 is 5.88. The number of Topliss-reactive ketones (excluding diaryl/α,β-unsaturated/α-hetero) is 1. The van der Waals surface area contributed by atoms with Crippen LogP contribution in [-0.2, 0) is 19.1 Å². The highest BCUT2D eigenvalue weighted by Crippen LogP contribution is 2.32. The number of halogens is 1. The van der Waals surface area contributed by atoms with Crippen molar-refractivity contribution in [2.24, 2.45) is 11.8 Å². The Morgan fingerprint density at radius 1 is 1.34 bits per heavy atom. The molecule has 1 aromatic rings. The second-order valence-corrected chi connectivity index (χ2v) is 7.95. The third kappa shape index (κ3) is 7.78. The van der Waals surface area contributed by atoms with Crippen molar-refractivity contribution in [2.75, 3.05) is 6.61 Å². The molecule has 1 aliphatic carbocycles. The van der Waals surface area contributed by atoms with E-state index in [2.05, 4.69) is 6.58 Å². The summed E-state index contributed by atoms with van der Waals surface area (Å²) in [6, 6.07) is 6.66. The Morgan fingerprint density at radius 2 is 2.09 bits per heavy atom. The molecule has 1 unspecified atom stereocenters. The maximum Gasteiger partial charge on any atom is 0.317 e. The molecule has 0 bridgehead atoms. The monoisotopic (exact) mass is 466 g/mol. The Balaban J connectivity index is 1.96. The van der Waals surface area contributed by atoms with Gasteiger partial charge in [-0.05, 0) is 31.0 Å². The molecular weight excluding hydrogens is 440 g/mol. The highest BCUT2D eigenvalue weighted by atomic mass is 35.5. The van der Waals surface area contributed by atoms with Gasteiger partial charge in [-0.3, -0.25) is 14.4 Å². The molecule has 0 radical (unpaired) electrons. The Kier molecular flexibility index (Phi) is 9.90. The van der Waals surface area contributed by atoms with E-state index in [9.17, 15) is 24.6 Å². The van der Waals surface area contributed by atoms with Crippen LogP contribution in [0, 0.1) is 11.8 Å². The van der Waals surface area contributed by atoms with Crippen molar-refractivity contribution in [3.8, 4) is 5.75 Å². The Bertz CT molecular complexity index is 852. The first kappa shape index (κ1) is 25.6. The van der Waals surface area contributed by atoms with Gasteiger partial charge in [0.05, 0.1) is 6.10 Å². The zero-order valence-corrected chi connectivity index (χ0v) is 18.2. The number of benzene rings is 1. The average molecular weight is 467 g/mol. The molecule has 2 rings (SSSR count). The maximum atomic E-state index is 12.6. The van der Waals surface area contributed by atoms with Crippen LogP contribution in [0.1, 0.15) is 25.7 Å². The zero-order valence-electron chi connectivity index (χ0n) is 17.4. The normalized spacial score (nSPS) is 22.5. The lowest BCUT2D eigenvalue weighted by molar-refractivity contribution is -0.155. The van der Waals surface area contributed by atoms with Crippen LogP contribution in [0.4, 0.5) is 0 Å². The third-order valence-corrected chi connectivity index (χ3v) is 5.26. The van der Waals surface area contributed by atoms with Crippen LogP contribution in [0.15, 0.2) is 49.1 Å². The van der Waals surface area contributed by atoms with Crippen molar-refractivity contribution >= 4 is 29.3 Å². The van der Waals surface area contributed by atoms with E-state index in [1.54, 1.807) is 24.3 Å². The molecule has 1 saturated carbocycles. The summed E-state index contributed by atoms with van der Waals surface area (Å²) in [7, 11) is 0. The van der Waals surface area contributed by atoms with Gasteiger partial charge in [0.2, 0.25) is 0 Å². The summed E-state index contributed by atoms with van der Waals surface area (Å²) in [5.74, 6) is -3.84. The number of rotatable bonds is 12. The molecule has 32 heavy (non-hydrogen) atoms. The number of aliphatic hydroxyl groups is 2. The average Bonchev–Trinajstić information content (AvgIpc) is 3.02. The van der Waals surface area contributed by atoms with Gasteiger partial charge in [0.25, 0.3) is 0 Å². The first-order chi connectivity index (χ1) is 15.2. The Labute approximate surface area is 191 Å². The molecule has 0 heterocycles. The molecule has 1 aromatic carbocycles. The number of ketones is 1. The molecule has 1 fully saturated rings. The predicted molar refractivity (Wildman–Crippen MR) is 116 cm³/mol. The van der Waals surface area contributed by atoms with Crippen LogP contribution in [-0.4, -0.2) is 58.0 Å². The van der Waals surface area contributed by atoms with Gasteiger partial charge in [-0.15, -0.1) is 0 Å². The van der Waals surface area contributed by atoms with E-state index >= 15 is 0 Å². The first-order valence-corrected chi connectivity index (χ1v) is 10.6. The van der Waals surface area contributed by atoms with E-state index in [-0.39, 0.29) is 32.3 Å². The number of carbonyl (C=O) groups excluding carboxylic acids is 2. The number of ether oxygens (including phenoxy) is 2. The third-order valence-electron chi connectivity index (χ3n) is 5.02. The molecule has 5 atom stereocenters. The van der Waals surface area contributed by atoms with Gasteiger partial charge in [-0.25, -0.2) is 0 Å². The Hall–Kier alpha value is -2.68. The minimum Gasteiger partial charge on any atom is -0.491 e. The zero-order chi connectivity index (χ0) is 23.7. The SMILES string of the molecule is C=CC(CCCC(=O)O)OC(=O)[C@H]1C(=O)C[C@@H](O)[C@@H]1/C=C/[C@H](O)COc1cccc(Cl)c1. The first-order valence-electron chi connectivity index (χ1n) is 10.2. The van der Waals surface area contributed by atoms with Crippen molar-refractivity contribution < 1.29 is 39.2 Å². The summed E-state index contributed by atoms with van der Waals surface area (Å²) < 4.78 is 10.8. The molecule has 0 amide bonds. The number of hydrogen-bond acceptors (Lipinski definition) is 7. The lowest BCUT2D eigenvalue weighted by Gasteiger charge is -2.20. The molecule has 174 valence electrons. The van der Waals surface area contributed by atoms with Gasteiger partial charge in [0.15, 0.2) is 0 Å². The number of esters is 1. The summed E-state index contributed by atoms with van der Waals surface area (Å²) in [5.41, 5.74) is 0. The number of aliphatic hydroxyl groups excluding tert-OH is 2. The molecule has 0 saturated heterocycles. The fourth-order valence-corrected chi connectivity index (χ4v) is 3.57. The lowest BCUT2D eigenvalue weighted by atomic mass is 9.93. The van der Waals surface area contributed by atoms with Crippen molar-refractivity contribution in [3.63, 3.8) is 0 Å². The van der Waals surface area contributed by atoms with E-state index in [4.69, 9.17) is 26.2 Å². The number of hydrogen-bond donors (Lipinski definition) is 3. The molecule has 0 spiro atoms. The van der Waals surface area contributed by atoms with Gasteiger partial charge in [0.1, 0.15) is 36.3 Å². The van der Waals surface area contributed by atoms with E-state index < -0.39 is 47.9 Å². The van der Waals surface area contributed by atoms with Gasteiger partial charge in [-0.1, -0.05) is 42.5 Å². The van der Waals surface area contributed by atoms with Crippen LogP contribution in [0.3, 0.4) is 0 Å². The molecule has 3 N–H and O–H groups in total. The van der Waals surface area contributed by atoms with Crippen LogP contribution in [0.2, 0.25) is 5.02 Å². The molecule has 0 aromatic heterocycles. The van der Waals surface area contributed by atoms with Crippen molar-refractivity contribution in [3.05, 3.63) is 54.1 Å². The van der Waals surface area contributed by atoms with Crippen LogP contribution < -0.4 is 4.74 Å². The highest BCUT2D eigenvalue weighted by molar-refractivity contribution is 6.30. The van der Waals surface area contributed by atoms with Crippen LogP contribution >= 0.6 is 11.6 Å². The summed E-state index contributed by atoms with van der Waals surface area (Å²) in [4.78, 5) is 35.6. The number of carboxylic acid groups (broad SMARTS) is 1. The van der Waals surface area contributed by atoms with Gasteiger partial charge >= 0.3 is 11.9 Å². The van der Waals surface area contributed by atoms with E-state index in [1.807, 2.05) is 0 Å². The topological polar surface area (TPSA) is 130 Å². The minimum absolute atomic E-state index is 0.0799. The molecule has 0 aliphatic heterocycles. The van der Waals surface area contributed by atoms with E-state index in [0.717, 1.165) is 0 Å². The second kappa shape index (κ2) is 12.4. The summed E-state index contributed by atoms with van der Waals surface area (Å²) in [6.07, 6.45) is 1.51. The number of carbonyl (C=O) groups is 3. The lowest BCUT2D eigenvalue weighted by Crippen LogP contribution is -2.31. The van der Waals surface area contributed by atoms with Gasteiger partial charge in [-0.2, -0.15) is 0 Å². The fourth-order valence-electron chi connectivity index (χ4n) is 3.39. The predicted octanol–water partition coefficient (Wildman–Crippen LogP) is 2.55. The molecular formula is C23H27ClO8. The van der Waals surface area contributed by atoms with E-state index in [1.165, 1.54) is 18.2 Å². The smallest absolute Gasteiger partial charge is 0.317 e. The quantitative estimate of drug-likeness (QED) is 0.243. The molecule has 1 aliphatic rings. The van der Waals surface area contributed by atoms with Crippen molar-refractivity contribution in [1.82, 2.24) is 0 Å². The molecule has 8 nitrogen and oxygen atoms in total. The summed E-state index contributed by atoms with van der Waals surface area (Å²) in [6.45, 7) is 3.48.